The molecule has 8 heteroatoms. The van der Waals surface area contributed by atoms with Gasteiger partial charge in [-0.1, -0.05) is 12.1 Å². The molecule has 1 aromatic carbocycles. The zero-order valence-corrected chi connectivity index (χ0v) is 16.2. The molecule has 144 valence electrons. The average Bonchev–Trinajstić information content (AvgIpc) is 3.37. The van der Waals surface area contributed by atoms with Crippen LogP contribution in [0.15, 0.2) is 41.9 Å². The molecule has 3 heterocycles. The molecule has 0 unspecified atom stereocenters. The smallest absolute Gasteiger partial charge is 0.254 e. The number of carbonyl (C=O) groups is 1. The number of aromatic nitrogens is 2. The number of benzene rings is 1. The van der Waals surface area contributed by atoms with Crippen molar-refractivity contribution in [3.8, 4) is 11.5 Å². The minimum absolute atomic E-state index is 0.156. The topological polar surface area (TPSA) is 85.4 Å². The molecule has 0 bridgehead atoms. The van der Waals surface area contributed by atoms with Gasteiger partial charge in [-0.05, 0) is 42.5 Å². The largest absolute Gasteiger partial charge is 0.454 e. The standard InChI is InChI=1S/C20H20N4O3S/c1-13-16(19(25)21-7-6-15-3-2-8-28-15)11-23-20(24-13)22-10-14-4-5-17-18(9-14)27-12-26-17/h2-5,8-9,11H,6-7,10,12H2,1H3,(H,21,25)(H,22,23,24). The fraction of sp³-hybridized carbons (Fsp3) is 0.250. The van der Waals surface area contributed by atoms with Crippen molar-refractivity contribution in [1.29, 1.82) is 0 Å². The van der Waals surface area contributed by atoms with Crippen LogP contribution in [0.2, 0.25) is 0 Å². The number of carbonyl (C=O) groups excluding carboxylic acids is 1. The summed E-state index contributed by atoms with van der Waals surface area (Å²) in [7, 11) is 0. The van der Waals surface area contributed by atoms with Crippen molar-refractivity contribution in [2.75, 3.05) is 18.7 Å². The lowest BCUT2D eigenvalue weighted by molar-refractivity contribution is 0.0953. The van der Waals surface area contributed by atoms with Crippen molar-refractivity contribution in [1.82, 2.24) is 15.3 Å². The molecule has 0 saturated heterocycles. The Morgan fingerprint density at radius 2 is 2.14 bits per heavy atom. The van der Waals surface area contributed by atoms with Gasteiger partial charge in [0.2, 0.25) is 12.7 Å². The molecular weight excluding hydrogens is 376 g/mol. The van der Waals surface area contributed by atoms with Crippen LogP contribution in [0, 0.1) is 6.92 Å². The summed E-state index contributed by atoms with van der Waals surface area (Å²) in [5.74, 6) is 1.82. The van der Waals surface area contributed by atoms with Crippen LogP contribution in [-0.2, 0) is 13.0 Å². The van der Waals surface area contributed by atoms with E-state index in [4.69, 9.17) is 9.47 Å². The molecule has 0 saturated carbocycles. The predicted molar refractivity (Wildman–Crippen MR) is 107 cm³/mol. The molecule has 0 radical (unpaired) electrons. The molecule has 1 amide bonds. The highest BCUT2D eigenvalue weighted by Gasteiger charge is 2.14. The average molecular weight is 396 g/mol. The van der Waals surface area contributed by atoms with E-state index in [1.165, 1.54) is 4.88 Å². The van der Waals surface area contributed by atoms with E-state index in [1.807, 2.05) is 36.6 Å². The molecule has 4 rings (SSSR count). The normalized spacial score (nSPS) is 12.0. The van der Waals surface area contributed by atoms with Crippen LogP contribution in [0.4, 0.5) is 5.95 Å². The van der Waals surface area contributed by atoms with Gasteiger partial charge in [-0.2, -0.15) is 0 Å². The van der Waals surface area contributed by atoms with Gasteiger partial charge >= 0.3 is 0 Å². The summed E-state index contributed by atoms with van der Waals surface area (Å²) in [6.07, 6.45) is 2.38. The lowest BCUT2D eigenvalue weighted by atomic mass is 10.2. The quantitative estimate of drug-likeness (QED) is 0.638. The zero-order valence-electron chi connectivity index (χ0n) is 15.4. The molecule has 0 spiro atoms. The molecule has 2 N–H and O–H groups in total. The number of anilines is 1. The van der Waals surface area contributed by atoms with Crippen molar-refractivity contribution in [3.63, 3.8) is 0 Å². The maximum absolute atomic E-state index is 12.4. The van der Waals surface area contributed by atoms with Gasteiger partial charge in [-0.15, -0.1) is 11.3 Å². The summed E-state index contributed by atoms with van der Waals surface area (Å²) < 4.78 is 10.7. The van der Waals surface area contributed by atoms with E-state index in [2.05, 4.69) is 26.7 Å². The molecule has 1 aliphatic heterocycles. The summed E-state index contributed by atoms with van der Waals surface area (Å²) in [5, 5.41) is 8.12. The summed E-state index contributed by atoms with van der Waals surface area (Å²) in [6, 6.07) is 9.84. The van der Waals surface area contributed by atoms with Gasteiger partial charge in [0.1, 0.15) is 0 Å². The zero-order chi connectivity index (χ0) is 19.3. The number of nitrogens with one attached hydrogen (secondary N) is 2. The number of fused-ring (bicyclic) bond motifs is 1. The van der Waals surface area contributed by atoms with Crippen LogP contribution in [0.3, 0.4) is 0 Å². The van der Waals surface area contributed by atoms with Crippen molar-refractivity contribution < 1.29 is 14.3 Å². The molecular formula is C20H20N4O3S. The van der Waals surface area contributed by atoms with E-state index in [0.29, 0.717) is 30.3 Å². The Kier molecular flexibility index (Phi) is 5.38. The predicted octanol–water partition coefficient (Wildman–Crippen LogP) is 3.16. The van der Waals surface area contributed by atoms with Crippen molar-refractivity contribution in [3.05, 3.63) is 63.6 Å². The molecule has 3 aromatic rings. The molecule has 28 heavy (non-hydrogen) atoms. The van der Waals surface area contributed by atoms with E-state index in [0.717, 1.165) is 23.5 Å². The van der Waals surface area contributed by atoms with Gasteiger partial charge in [0.25, 0.3) is 5.91 Å². The Balaban J connectivity index is 1.32. The molecule has 2 aromatic heterocycles. The van der Waals surface area contributed by atoms with Crippen LogP contribution < -0.4 is 20.1 Å². The van der Waals surface area contributed by atoms with E-state index >= 15 is 0 Å². The van der Waals surface area contributed by atoms with Gasteiger partial charge in [0.15, 0.2) is 11.5 Å². The minimum atomic E-state index is -0.156. The number of hydrogen-bond acceptors (Lipinski definition) is 7. The number of thiophene rings is 1. The Morgan fingerprint density at radius 1 is 1.25 bits per heavy atom. The first kappa shape index (κ1) is 18.2. The summed E-state index contributed by atoms with van der Waals surface area (Å²) in [4.78, 5) is 22.3. The minimum Gasteiger partial charge on any atom is -0.454 e. The second-order valence-corrected chi connectivity index (χ2v) is 7.35. The molecule has 0 aliphatic carbocycles. The number of ether oxygens (including phenoxy) is 2. The molecule has 1 aliphatic rings. The van der Waals surface area contributed by atoms with Crippen molar-refractivity contribution in [2.45, 2.75) is 19.9 Å². The summed E-state index contributed by atoms with van der Waals surface area (Å²) in [6.45, 7) is 3.19. The maximum Gasteiger partial charge on any atom is 0.254 e. The van der Waals surface area contributed by atoms with Crippen LogP contribution in [-0.4, -0.2) is 29.2 Å². The van der Waals surface area contributed by atoms with Gasteiger partial charge in [0, 0.05) is 24.2 Å². The van der Waals surface area contributed by atoms with E-state index in [-0.39, 0.29) is 12.7 Å². The van der Waals surface area contributed by atoms with E-state index in [9.17, 15) is 4.79 Å². The lowest BCUT2D eigenvalue weighted by Crippen LogP contribution is -2.26. The molecule has 7 nitrogen and oxygen atoms in total. The number of aryl methyl sites for hydroxylation is 1. The lowest BCUT2D eigenvalue weighted by Gasteiger charge is -2.09. The van der Waals surface area contributed by atoms with Gasteiger partial charge in [-0.3, -0.25) is 4.79 Å². The summed E-state index contributed by atoms with van der Waals surface area (Å²) >= 11 is 1.69. The first-order valence-electron chi connectivity index (χ1n) is 8.95. The Bertz CT molecular complexity index is 976. The Hall–Kier alpha value is -3.13. The van der Waals surface area contributed by atoms with Crippen LogP contribution in [0.5, 0.6) is 11.5 Å². The second kappa shape index (κ2) is 8.26. The van der Waals surface area contributed by atoms with E-state index < -0.39 is 0 Å². The maximum atomic E-state index is 12.4. The third-order valence-corrected chi connectivity index (χ3v) is 5.28. The highest BCUT2D eigenvalue weighted by Crippen LogP contribution is 2.32. The summed E-state index contributed by atoms with van der Waals surface area (Å²) in [5.41, 5.74) is 2.15. The third kappa shape index (κ3) is 4.23. The van der Waals surface area contributed by atoms with Gasteiger partial charge in [-0.25, -0.2) is 9.97 Å². The first-order chi connectivity index (χ1) is 13.7. The first-order valence-corrected chi connectivity index (χ1v) is 9.83. The highest BCUT2D eigenvalue weighted by atomic mass is 32.1. The fourth-order valence-electron chi connectivity index (χ4n) is 2.86. The highest BCUT2D eigenvalue weighted by molar-refractivity contribution is 7.09. The SMILES string of the molecule is Cc1nc(NCc2ccc3c(c2)OCO3)ncc1C(=O)NCCc1cccs1. The second-order valence-electron chi connectivity index (χ2n) is 6.32. The molecule has 0 atom stereocenters. The van der Waals surface area contributed by atoms with Crippen LogP contribution in [0.1, 0.15) is 26.5 Å². The van der Waals surface area contributed by atoms with Crippen LogP contribution >= 0.6 is 11.3 Å². The van der Waals surface area contributed by atoms with E-state index in [1.54, 1.807) is 17.5 Å². The number of hydrogen-bond donors (Lipinski definition) is 2. The van der Waals surface area contributed by atoms with Crippen LogP contribution in [0.25, 0.3) is 0 Å². The number of amides is 1. The van der Waals surface area contributed by atoms with Crippen molar-refractivity contribution >= 4 is 23.2 Å². The Labute approximate surface area is 166 Å². The fourth-order valence-corrected chi connectivity index (χ4v) is 3.57. The monoisotopic (exact) mass is 396 g/mol. The third-order valence-electron chi connectivity index (χ3n) is 4.35. The van der Waals surface area contributed by atoms with Gasteiger partial charge < -0.3 is 20.1 Å². The molecule has 0 fully saturated rings. The number of rotatable bonds is 7. The van der Waals surface area contributed by atoms with Crippen molar-refractivity contribution in [2.24, 2.45) is 0 Å². The number of nitrogens with zero attached hydrogens (tertiary/aromatic N) is 2. The Morgan fingerprint density at radius 3 is 2.96 bits per heavy atom. The van der Waals surface area contributed by atoms with Gasteiger partial charge in [0.05, 0.1) is 11.3 Å².